The summed E-state index contributed by atoms with van der Waals surface area (Å²) in [6.07, 6.45) is 1.18. The molecule has 0 amide bonds. The van der Waals surface area contributed by atoms with Crippen molar-refractivity contribution in [3.8, 4) is 0 Å². The van der Waals surface area contributed by atoms with Crippen LogP contribution >= 0.6 is 0 Å². The van der Waals surface area contributed by atoms with E-state index in [9.17, 15) is 0 Å². The van der Waals surface area contributed by atoms with Crippen molar-refractivity contribution in [1.29, 1.82) is 0 Å². The molecule has 1 saturated carbocycles. The smallest absolute Gasteiger partial charge is 0.165 e. The molecule has 1 aromatic heterocycles. The Hall–Kier alpha value is -0.970. The normalized spacial score (nSPS) is 22.7. The highest BCUT2D eigenvalue weighted by atomic mass is 15.6. The van der Waals surface area contributed by atoms with Crippen molar-refractivity contribution in [3.63, 3.8) is 0 Å². The summed E-state index contributed by atoms with van der Waals surface area (Å²) in [7, 11) is 0. The van der Waals surface area contributed by atoms with Gasteiger partial charge in [-0.05, 0) is 34.7 Å². The molecule has 1 unspecified atom stereocenters. The average Bonchev–Trinajstić information content (AvgIpc) is 2.60. The molecule has 0 spiro atoms. The molecule has 5 nitrogen and oxygen atoms in total. The van der Waals surface area contributed by atoms with Crippen LogP contribution in [0, 0.1) is 11.3 Å². The van der Waals surface area contributed by atoms with Crippen LogP contribution < -0.4 is 5.32 Å². The molecular formula is C11H21N5. The van der Waals surface area contributed by atoms with E-state index >= 15 is 0 Å². The summed E-state index contributed by atoms with van der Waals surface area (Å²) in [5, 5.41) is 15.3. The van der Waals surface area contributed by atoms with Gasteiger partial charge in [0.2, 0.25) is 0 Å². The zero-order valence-electron chi connectivity index (χ0n) is 10.6. The lowest BCUT2D eigenvalue weighted by Gasteiger charge is -2.08. The third-order valence-corrected chi connectivity index (χ3v) is 3.15. The van der Waals surface area contributed by atoms with Crippen molar-refractivity contribution in [2.45, 2.75) is 46.7 Å². The fourth-order valence-corrected chi connectivity index (χ4v) is 1.90. The zero-order chi connectivity index (χ0) is 11.8. The minimum atomic E-state index is 0.363. The highest BCUT2D eigenvalue weighted by Crippen LogP contribution is 2.55. The van der Waals surface area contributed by atoms with E-state index in [4.69, 9.17) is 0 Å². The van der Waals surface area contributed by atoms with Gasteiger partial charge in [-0.2, -0.15) is 0 Å². The number of hydrogen-bond donors (Lipinski definition) is 1. The predicted molar refractivity (Wildman–Crippen MR) is 61.8 cm³/mol. The predicted octanol–water partition coefficient (Wildman–Crippen LogP) is 1.39. The Morgan fingerprint density at radius 1 is 1.50 bits per heavy atom. The van der Waals surface area contributed by atoms with E-state index in [0.717, 1.165) is 18.9 Å². The maximum atomic E-state index is 4.09. The molecule has 1 fully saturated rings. The van der Waals surface area contributed by atoms with Crippen LogP contribution in [0.2, 0.25) is 0 Å². The number of rotatable bonds is 5. The monoisotopic (exact) mass is 223 g/mol. The maximum Gasteiger partial charge on any atom is 0.165 e. The van der Waals surface area contributed by atoms with Crippen LogP contribution in [0.5, 0.6) is 0 Å². The fourth-order valence-electron chi connectivity index (χ4n) is 1.90. The van der Waals surface area contributed by atoms with Crippen LogP contribution in [0.4, 0.5) is 0 Å². The highest BCUT2D eigenvalue weighted by molar-refractivity contribution is 5.02. The van der Waals surface area contributed by atoms with Gasteiger partial charge >= 0.3 is 0 Å². The first-order valence-corrected chi connectivity index (χ1v) is 5.98. The molecule has 1 N–H and O–H groups in total. The second-order valence-corrected chi connectivity index (χ2v) is 5.77. The van der Waals surface area contributed by atoms with Crippen molar-refractivity contribution < 1.29 is 0 Å². The molecule has 1 heterocycles. The average molecular weight is 223 g/mol. The molecule has 0 bridgehead atoms. The molecule has 0 saturated heterocycles. The third-order valence-electron chi connectivity index (χ3n) is 3.15. The number of aromatic nitrogens is 4. The first kappa shape index (κ1) is 11.5. The molecule has 0 aliphatic heterocycles. The molecule has 90 valence electrons. The van der Waals surface area contributed by atoms with Gasteiger partial charge in [0.15, 0.2) is 5.82 Å². The highest BCUT2D eigenvalue weighted by Gasteiger charge is 2.48. The van der Waals surface area contributed by atoms with Crippen LogP contribution in [0.3, 0.4) is 0 Å². The summed E-state index contributed by atoms with van der Waals surface area (Å²) in [4.78, 5) is 0. The van der Waals surface area contributed by atoms with Gasteiger partial charge in [0.1, 0.15) is 0 Å². The van der Waals surface area contributed by atoms with Crippen LogP contribution in [-0.2, 0) is 6.54 Å². The van der Waals surface area contributed by atoms with E-state index in [1.807, 2.05) is 4.68 Å². The molecule has 2 rings (SSSR count). The van der Waals surface area contributed by atoms with Gasteiger partial charge < -0.3 is 5.32 Å². The minimum Gasteiger partial charge on any atom is -0.310 e. The lowest BCUT2D eigenvalue weighted by Crippen LogP contribution is -2.22. The number of nitrogens with zero attached hydrogens (tertiary/aromatic N) is 4. The Labute approximate surface area is 96.6 Å². The Balaban J connectivity index is 1.93. The largest absolute Gasteiger partial charge is 0.310 e. The summed E-state index contributed by atoms with van der Waals surface area (Å²) in [5.41, 5.74) is 0.363. The SMILES string of the molecule is CC(C)CNCc1nnnn1C1CC1(C)C. The lowest BCUT2D eigenvalue weighted by atomic mass is 10.2. The second-order valence-electron chi connectivity index (χ2n) is 5.77. The van der Waals surface area contributed by atoms with E-state index in [-0.39, 0.29) is 0 Å². The summed E-state index contributed by atoms with van der Waals surface area (Å²) in [6, 6.07) is 0.485. The fraction of sp³-hybridized carbons (Fsp3) is 0.909. The number of hydrogen-bond acceptors (Lipinski definition) is 4. The van der Waals surface area contributed by atoms with Crippen LogP contribution in [0.25, 0.3) is 0 Å². The van der Waals surface area contributed by atoms with Gasteiger partial charge in [-0.3, -0.25) is 0 Å². The lowest BCUT2D eigenvalue weighted by molar-refractivity contribution is 0.464. The summed E-state index contributed by atoms with van der Waals surface area (Å²) in [5.74, 6) is 1.61. The standard InChI is InChI=1S/C11H21N5/c1-8(2)6-12-7-10-13-14-15-16(10)9-5-11(9,3)4/h8-9,12H,5-7H2,1-4H3. The van der Waals surface area contributed by atoms with E-state index in [1.54, 1.807) is 0 Å². The zero-order valence-corrected chi connectivity index (χ0v) is 10.6. The number of tetrazole rings is 1. The maximum absolute atomic E-state index is 4.09. The first-order valence-electron chi connectivity index (χ1n) is 5.98. The first-order chi connectivity index (χ1) is 7.50. The van der Waals surface area contributed by atoms with E-state index in [2.05, 4.69) is 48.5 Å². The third kappa shape index (κ3) is 2.40. The van der Waals surface area contributed by atoms with Gasteiger partial charge in [-0.15, -0.1) is 5.10 Å². The molecule has 1 aliphatic carbocycles. The van der Waals surface area contributed by atoms with Crippen LogP contribution in [0.1, 0.15) is 46.0 Å². The van der Waals surface area contributed by atoms with E-state index < -0.39 is 0 Å². The Morgan fingerprint density at radius 2 is 2.19 bits per heavy atom. The van der Waals surface area contributed by atoms with Crippen molar-refractivity contribution in [2.24, 2.45) is 11.3 Å². The number of nitrogens with one attached hydrogen (secondary N) is 1. The van der Waals surface area contributed by atoms with Gasteiger partial charge in [-0.1, -0.05) is 27.7 Å². The van der Waals surface area contributed by atoms with Gasteiger partial charge in [0.25, 0.3) is 0 Å². The van der Waals surface area contributed by atoms with E-state index in [1.165, 1.54) is 6.42 Å². The van der Waals surface area contributed by atoms with Crippen LogP contribution in [-0.4, -0.2) is 26.8 Å². The van der Waals surface area contributed by atoms with Gasteiger partial charge in [-0.25, -0.2) is 4.68 Å². The van der Waals surface area contributed by atoms with Crippen molar-refractivity contribution in [3.05, 3.63) is 5.82 Å². The second kappa shape index (κ2) is 4.13. The molecule has 16 heavy (non-hydrogen) atoms. The summed E-state index contributed by atoms with van der Waals surface area (Å²) < 4.78 is 1.98. The van der Waals surface area contributed by atoms with Crippen molar-refractivity contribution in [2.75, 3.05) is 6.54 Å². The quantitative estimate of drug-likeness (QED) is 0.819. The summed E-state index contributed by atoms with van der Waals surface area (Å²) in [6.45, 7) is 10.7. The van der Waals surface area contributed by atoms with Gasteiger partial charge in [0, 0.05) is 0 Å². The molecule has 0 aromatic carbocycles. The molecule has 1 atom stereocenters. The molecule has 1 aliphatic rings. The topological polar surface area (TPSA) is 55.6 Å². The molecule has 5 heteroatoms. The molecule has 0 radical (unpaired) electrons. The van der Waals surface area contributed by atoms with E-state index in [0.29, 0.717) is 17.4 Å². The Bertz CT molecular complexity index is 355. The van der Waals surface area contributed by atoms with Crippen molar-refractivity contribution >= 4 is 0 Å². The molecule has 1 aromatic rings. The minimum absolute atomic E-state index is 0.363. The molecular weight excluding hydrogens is 202 g/mol. The van der Waals surface area contributed by atoms with Crippen LogP contribution in [0.15, 0.2) is 0 Å². The Kier molecular flexibility index (Phi) is 2.97. The summed E-state index contributed by atoms with van der Waals surface area (Å²) >= 11 is 0. The van der Waals surface area contributed by atoms with Gasteiger partial charge in [0.05, 0.1) is 12.6 Å². The Morgan fingerprint density at radius 3 is 2.75 bits per heavy atom. The van der Waals surface area contributed by atoms with Crippen molar-refractivity contribution in [1.82, 2.24) is 25.5 Å².